The Hall–Kier alpha value is -2.37. The van der Waals surface area contributed by atoms with E-state index in [1.807, 2.05) is 6.92 Å². The molecule has 1 aromatic heterocycles. The van der Waals surface area contributed by atoms with Crippen LogP contribution in [0, 0.1) is 0 Å². The number of carboxylic acids is 1. The molecule has 1 amide bonds. The van der Waals surface area contributed by atoms with Crippen LogP contribution in [0.25, 0.3) is 11.0 Å². The highest BCUT2D eigenvalue weighted by molar-refractivity contribution is 5.92. The Bertz CT molecular complexity index is 721. The minimum absolute atomic E-state index is 0.00137. The molecule has 1 unspecified atom stereocenters. The van der Waals surface area contributed by atoms with E-state index in [0.717, 1.165) is 24.2 Å². The summed E-state index contributed by atoms with van der Waals surface area (Å²) in [7, 11) is 0. The molecule has 0 saturated carbocycles. The molecule has 0 aliphatic carbocycles. The Morgan fingerprint density at radius 2 is 2.09 bits per heavy atom. The average Bonchev–Trinajstić information content (AvgIpc) is 2.89. The summed E-state index contributed by atoms with van der Waals surface area (Å²) >= 11 is 0. The van der Waals surface area contributed by atoms with Crippen LogP contribution in [0.3, 0.4) is 0 Å². The van der Waals surface area contributed by atoms with Gasteiger partial charge in [-0.2, -0.15) is 0 Å². The van der Waals surface area contributed by atoms with Crippen LogP contribution in [0.4, 0.5) is 0 Å². The zero-order valence-corrected chi connectivity index (χ0v) is 13.8. The third kappa shape index (κ3) is 3.70. The number of carboxylic acid groups (broad SMARTS) is 1. The highest BCUT2D eigenvalue weighted by Crippen LogP contribution is 2.24. The van der Waals surface area contributed by atoms with Gasteiger partial charge in [-0.1, -0.05) is 13.8 Å². The largest absolute Gasteiger partial charge is 0.478 e. The highest BCUT2D eigenvalue weighted by atomic mass is 16.4. The molecule has 2 N–H and O–H groups in total. The monoisotopic (exact) mass is 317 g/mol. The first kappa shape index (κ1) is 17.0. The zero-order chi connectivity index (χ0) is 17.0. The number of aromatic carboxylic acids is 1. The van der Waals surface area contributed by atoms with E-state index in [1.165, 1.54) is 0 Å². The molecular formula is C17H23N3O3. The SMILES string of the molecule is CCCC(=O)NCc1nc2cc(C(=O)O)ccc2n1C(C)CC. The number of aromatic nitrogens is 2. The van der Waals surface area contributed by atoms with Gasteiger partial charge in [0.15, 0.2) is 0 Å². The van der Waals surface area contributed by atoms with E-state index in [0.29, 0.717) is 18.5 Å². The molecular weight excluding hydrogens is 294 g/mol. The number of imidazole rings is 1. The molecule has 0 aliphatic heterocycles. The molecule has 23 heavy (non-hydrogen) atoms. The summed E-state index contributed by atoms with van der Waals surface area (Å²) in [5.41, 5.74) is 1.75. The first-order valence-electron chi connectivity index (χ1n) is 7.98. The summed E-state index contributed by atoms with van der Waals surface area (Å²) in [5, 5.41) is 12.0. The summed E-state index contributed by atoms with van der Waals surface area (Å²) < 4.78 is 2.08. The second-order valence-electron chi connectivity index (χ2n) is 5.69. The van der Waals surface area contributed by atoms with Crippen molar-refractivity contribution in [3.05, 3.63) is 29.6 Å². The quantitative estimate of drug-likeness (QED) is 0.821. The second-order valence-corrected chi connectivity index (χ2v) is 5.69. The molecule has 1 heterocycles. The van der Waals surface area contributed by atoms with E-state index in [-0.39, 0.29) is 17.5 Å². The second kappa shape index (κ2) is 7.26. The molecule has 0 radical (unpaired) electrons. The van der Waals surface area contributed by atoms with Crippen LogP contribution in [0.5, 0.6) is 0 Å². The Balaban J connectivity index is 2.40. The van der Waals surface area contributed by atoms with Crippen molar-refractivity contribution in [3.8, 4) is 0 Å². The van der Waals surface area contributed by atoms with Crippen molar-refractivity contribution in [2.24, 2.45) is 0 Å². The fourth-order valence-corrected chi connectivity index (χ4v) is 2.57. The minimum atomic E-state index is -0.970. The van der Waals surface area contributed by atoms with Crippen LogP contribution in [-0.2, 0) is 11.3 Å². The lowest BCUT2D eigenvalue weighted by Gasteiger charge is -2.16. The standard InChI is InChI=1S/C17H23N3O3/c1-4-6-16(21)18-10-15-19-13-9-12(17(22)23)7-8-14(13)20(15)11(3)5-2/h7-9,11H,4-6,10H2,1-3H3,(H,18,21)(H,22,23). The van der Waals surface area contributed by atoms with Crippen molar-refractivity contribution in [1.29, 1.82) is 0 Å². The van der Waals surface area contributed by atoms with Gasteiger partial charge in [-0.25, -0.2) is 9.78 Å². The molecule has 0 fully saturated rings. The summed E-state index contributed by atoms with van der Waals surface area (Å²) in [4.78, 5) is 27.4. The fraction of sp³-hybridized carbons (Fsp3) is 0.471. The molecule has 6 nitrogen and oxygen atoms in total. The summed E-state index contributed by atoms with van der Waals surface area (Å²) in [6.07, 6.45) is 2.21. The zero-order valence-electron chi connectivity index (χ0n) is 13.8. The van der Waals surface area contributed by atoms with Crippen LogP contribution in [0.1, 0.15) is 62.3 Å². The van der Waals surface area contributed by atoms with Gasteiger partial charge >= 0.3 is 5.97 Å². The van der Waals surface area contributed by atoms with Gasteiger partial charge in [-0.15, -0.1) is 0 Å². The lowest BCUT2D eigenvalue weighted by atomic mass is 10.2. The van der Waals surface area contributed by atoms with Gasteiger partial charge in [0.05, 0.1) is 23.1 Å². The van der Waals surface area contributed by atoms with Crippen molar-refractivity contribution >= 4 is 22.9 Å². The lowest BCUT2D eigenvalue weighted by Crippen LogP contribution is -2.24. The van der Waals surface area contributed by atoms with Crippen LogP contribution in [0.15, 0.2) is 18.2 Å². The van der Waals surface area contributed by atoms with Crippen molar-refractivity contribution < 1.29 is 14.7 Å². The number of hydrogen-bond donors (Lipinski definition) is 2. The first-order valence-corrected chi connectivity index (χ1v) is 7.98. The number of rotatable bonds is 7. The van der Waals surface area contributed by atoms with E-state index in [9.17, 15) is 9.59 Å². The number of nitrogens with one attached hydrogen (secondary N) is 1. The predicted octanol–water partition coefficient (Wildman–Crippen LogP) is 3.12. The van der Waals surface area contributed by atoms with Gasteiger partial charge in [0, 0.05) is 12.5 Å². The van der Waals surface area contributed by atoms with Gasteiger partial charge in [-0.05, 0) is 38.0 Å². The predicted molar refractivity (Wildman–Crippen MR) is 88.4 cm³/mol. The first-order chi connectivity index (χ1) is 11.0. The van der Waals surface area contributed by atoms with Crippen molar-refractivity contribution in [2.45, 2.75) is 52.6 Å². The normalized spacial score (nSPS) is 12.3. The number of benzene rings is 1. The van der Waals surface area contributed by atoms with Gasteiger partial charge in [0.2, 0.25) is 5.91 Å². The van der Waals surface area contributed by atoms with Gasteiger partial charge < -0.3 is 15.0 Å². The van der Waals surface area contributed by atoms with E-state index in [4.69, 9.17) is 5.11 Å². The Morgan fingerprint density at radius 1 is 1.35 bits per heavy atom. The number of hydrogen-bond acceptors (Lipinski definition) is 3. The molecule has 1 aromatic carbocycles. The molecule has 2 rings (SSSR count). The van der Waals surface area contributed by atoms with Crippen molar-refractivity contribution in [3.63, 3.8) is 0 Å². The lowest BCUT2D eigenvalue weighted by molar-refractivity contribution is -0.121. The van der Waals surface area contributed by atoms with Gasteiger partial charge in [0.1, 0.15) is 5.82 Å². The van der Waals surface area contributed by atoms with Crippen LogP contribution >= 0.6 is 0 Å². The number of carbonyl (C=O) groups is 2. The minimum Gasteiger partial charge on any atom is -0.478 e. The number of carbonyl (C=O) groups excluding carboxylic acids is 1. The highest BCUT2D eigenvalue weighted by Gasteiger charge is 2.16. The average molecular weight is 317 g/mol. The summed E-state index contributed by atoms with van der Waals surface area (Å²) in [5.74, 6) is -0.217. The van der Waals surface area contributed by atoms with Crippen LogP contribution < -0.4 is 5.32 Å². The van der Waals surface area contributed by atoms with Gasteiger partial charge in [0.25, 0.3) is 0 Å². The maximum Gasteiger partial charge on any atom is 0.335 e. The van der Waals surface area contributed by atoms with E-state index in [2.05, 4.69) is 28.7 Å². The number of amides is 1. The van der Waals surface area contributed by atoms with Crippen molar-refractivity contribution in [2.75, 3.05) is 0 Å². The Labute approximate surface area is 135 Å². The molecule has 124 valence electrons. The van der Waals surface area contributed by atoms with Gasteiger partial charge in [-0.3, -0.25) is 4.79 Å². The third-order valence-corrected chi connectivity index (χ3v) is 3.96. The van der Waals surface area contributed by atoms with Crippen molar-refractivity contribution in [1.82, 2.24) is 14.9 Å². The Morgan fingerprint density at radius 3 is 2.70 bits per heavy atom. The molecule has 0 bridgehead atoms. The molecule has 0 aliphatic rings. The molecule has 0 spiro atoms. The van der Waals surface area contributed by atoms with E-state index < -0.39 is 5.97 Å². The molecule has 2 aromatic rings. The van der Waals surface area contributed by atoms with E-state index >= 15 is 0 Å². The number of nitrogens with zero attached hydrogens (tertiary/aromatic N) is 2. The molecule has 6 heteroatoms. The smallest absolute Gasteiger partial charge is 0.335 e. The molecule has 1 atom stereocenters. The summed E-state index contributed by atoms with van der Waals surface area (Å²) in [6, 6.07) is 5.17. The fourth-order valence-electron chi connectivity index (χ4n) is 2.57. The van der Waals surface area contributed by atoms with E-state index in [1.54, 1.807) is 18.2 Å². The van der Waals surface area contributed by atoms with Crippen LogP contribution in [-0.4, -0.2) is 26.5 Å². The number of fused-ring (bicyclic) bond motifs is 1. The van der Waals surface area contributed by atoms with Crippen LogP contribution in [0.2, 0.25) is 0 Å². The maximum atomic E-state index is 11.7. The topological polar surface area (TPSA) is 84.2 Å². The maximum absolute atomic E-state index is 11.7. The Kier molecular flexibility index (Phi) is 5.36. The molecule has 0 saturated heterocycles. The third-order valence-electron chi connectivity index (χ3n) is 3.96. The summed E-state index contributed by atoms with van der Waals surface area (Å²) in [6.45, 7) is 6.48.